The molecule has 0 spiro atoms. The number of anilines is 1. The average Bonchev–Trinajstić information content (AvgIpc) is 2.53. The maximum absolute atomic E-state index is 12.5. The number of non-ortho nitro benzene ring substituents is 1. The van der Waals surface area contributed by atoms with Gasteiger partial charge in [-0.15, -0.1) is 0 Å². The number of methoxy groups -OCH3 is 1. The van der Waals surface area contributed by atoms with Gasteiger partial charge >= 0.3 is 0 Å². The summed E-state index contributed by atoms with van der Waals surface area (Å²) in [6.07, 6.45) is 0.760. The number of benzene rings is 2. The molecule has 0 heterocycles. The van der Waals surface area contributed by atoms with Gasteiger partial charge < -0.3 is 4.74 Å². The van der Waals surface area contributed by atoms with E-state index in [1.807, 2.05) is 13.0 Å². The number of sulfonamides is 1. The van der Waals surface area contributed by atoms with E-state index in [1.165, 1.54) is 19.2 Å². The summed E-state index contributed by atoms with van der Waals surface area (Å²) in [5, 5.41) is 10.9. The Labute approximate surface area is 134 Å². The number of hydrogen-bond donors (Lipinski definition) is 1. The highest BCUT2D eigenvalue weighted by Gasteiger charge is 2.23. The normalized spacial score (nSPS) is 11.0. The Morgan fingerprint density at radius 2 is 1.96 bits per heavy atom. The van der Waals surface area contributed by atoms with E-state index in [0.29, 0.717) is 5.69 Å². The van der Waals surface area contributed by atoms with Crippen molar-refractivity contribution in [1.29, 1.82) is 0 Å². The molecule has 2 aromatic carbocycles. The van der Waals surface area contributed by atoms with Crippen LogP contribution in [0, 0.1) is 10.1 Å². The Morgan fingerprint density at radius 3 is 2.57 bits per heavy atom. The fraction of sp³-hybridized carbons (Fsp3) is 0.200. The smallest absolute Gasteiger partial charge is 0.271 e. The van der Waals surface area contributed by atoms with Crippen molar-refractivity contribution in [2.24, 2.45) is 0 Å². The maximum Gasteiger partial charge on any atom is 0.271 e. The quantitative estimate of drug-likeness (QED) is 0.646. The lowest BCUT2D eigenvalue weighted by Crippen LogP contribution is -2.14. The lowest BCUT2D eigenvalue weighted by Gasteiger charge is -2.12. The number of nitrogens with one attached hydrogen (secondary N) is 1. The third-order valence-electron chi connectivity index (χ3n) is 3.23. The fourth-order valence-corrected chi connectivity index (χ4v) is 3.29. The Kier molecular flexibility index (Phi) is 4.85. The predicted molar refractivity (Wildman–Crippen MR) is 86.3 cm³/mol. The van der Waals surface area contributed by atoms with Gasteiger partial charge in [0.05, 0.1) is 12.0 Å². The highest BCUT2D eigenvalue weighted by Crippen LogP contribution is 2.29. The number of ether oxygens (including phenoxy) is 1. The van der Waals surface area contributed by atoms with E-state index < -0.39 is 14.9 Å². The van der Waals surface area contributed by atoms with Crippen molar-refractivity contribution in [2.45, 2.75) is 18.2 Å². The van der Waals surface area contributed by atoms with Crippen LogP contribution in [0.4, 0.5) is 11.4 Å². The monoisotopic (exact) mass is 336 g/mol. The van der Waals surface area contributed by atoms with Gasteiger partial charge in [-0.2, -0.15) is 0 Å². The van der Waals surface area contributed by atoms with Gasteiger partial charge in [0.2, 0.25) is 0 Å². The summed E-state index contributed by atoms with van der Waals surface area (Å²) in [7, 11) is -2.71. The van der Waals surface area contributed by atoms with E-state index in [9.17, 15) is 18.5 Å². The minimum Gasteiger partial charge on any atom is -0.495 e. The summed E-state index contributed by atoms with van der Waals surface area (Å²) >= 11 is 0. The van der Waals surface area contributed by atoms with Gasteiger partial charge in [-0.1, -0.05) is 19.1 Å². The molecule has 0 saturated heterocycles. The van der Waals surface area contributed by atoms with Gasteiger partial charge in [0.15, 0.2) is 0 Å². The van der Waals surface area contributed by atoms with Crippen LogP contribution in [0.5, 0.6) is 5.75 Å². The summed E-state index contributed by atoms with van der Waals surface area (Å²) in [6.45, 7) is 1.96. The maximum atomic E-state index is 12.5. The molecule has 0 saturated carbocycles. The van der Waals surface area contributed by atoms with Crippen LogP contribution in [-0.2, 0) is 16.4 Å². The second kappa shape index (κ2) is 6.66. The van der Waals surface area contributed by atoms with Gasteiger partial charge in [0.1, 0.15) is 10.6 Å². The molecule has 0 fully saturated rings. The SMILES string of the molecule is CCc1cccc(NS(=O)(=O)c2cc([N+](=O)[O-])ccc2OC)c1. The predicted octanol–water partition coefficient (Wildman–Crippen LogP) is 2.97. The molecule has 0 aliphatic heterocycles. The zero-order valence-corrected chi connectivity index (χ0v) is 13.5. The lowest BCUT2D eigenvalue weighted by atomic mass is 10.1. The van der Waals surface area contributed by atoms with Crippen LogP contribution in [0.15, 0.2) is 47.4 Å². The summed E-state index contributed by atoms with van der Waals surface area (Å²) in [4.78, 5) is 9.93. The molecule has 23 heavy (non-hydrogen) atoms. The first kappa shape index (κ1) is 16.8. The first-order valence-electron chi connectivity index (χ1n) is 6.81. The van der Waals surface area contributed by atoms with Gasteiger partial charge in [-0.3, -0.25) is 14.8 Å². The van der Waals surface area contributed by atoms with Crippen LogP contribution in [0.1, 0.15) is 12.5 Å². The molecule has 0 aliphatic rings. The highest BCUT2D eigenvalue weighted by molar-refractivity contribution is 7.92. The topological polar surface area (TPSA) is 98.5 Å². The molecule has 0 atom stereocenters. The van der Waals surface area contributed by atoms with Crippen molar-refractivity contribution < 1.29 is 18.1 Å². The molecule has 0 amide bonds. The standard InChI is InChI=1S/C15H16N2O5S/c1-3-11-5-4-6-12(9-11)16-23(20,21)15-10-13(17(18)19)7-8-14(15)22-2/h4-10,16H,3H2,1-2H3. The molecule has 122 valence electrons. The van der Waals surface area contributed by atoms with Crippen LogP contribution < -0.4 is 9.46 Å². The summed E-state index contributed by atoms with van der Waals surface area (Å²) in [5.41, 5.74) is 1.03. The first-order chi connectivity index (χ1) is 10.9. The zero-order chi connectivity index (χ0) is 17.0. The zero-order valence-electron chi connectivity index (χ0n) is 12.6. The van der Waals surface area contributed by atoms with Crippen LogP contribution in [0.3, 0.4) is 0 Å². The third-order valence-corrected chi connectivity index (χ3v) is 4.64. The number of nitrogens with zero attached hydrogens (tertiary/aromatic N) is 1. The largest absolute Gasteiger partial charge is 0.495 e. The fourth-order valence-electron chi connectivity index (χ4n) is 2.05. The molecular formula is C15H16N2O5S. The Hall–Kier alpha value is -2.61. The van der Waals surface area contributed by atoms with Crippen LogP contribution in [0.2, 0.25) is 0 Å². The van der Waals surface area contributed by atoms with E-state index in [4.69, 9.17) is 4.74 Å². The van der Waals surface area contributed by atoms with E-state index in [2.05, 4.69) is 4.72 Å². The summed E-state index contributed by atoms with van der Waals surface area (Å²) < 4.78 is 32.5. The number of hydrogen-bond acceptors (Lipinski definition) is 5. The molecule has 2 rings (SSSR count). The Balaban J connectivity index is 2.45. The van der Waals surface area contributed by atoms with Crippen molar-refractivity contribution in [3.05, 3.63) is 58.1 Å². The number of aryl methyl sites for hydroxylation is 1. The Morgan fingerprint density at radius 1 is 1.22 bits per heavy atom. The van der Waals surface area contributed by atoms with Gasteiger partial charge in [0.25, 0.3) is 15.7 Å². The molecule has 8 heteroatoms. The molecule has 2 aromatic rings. The Bertz CT molecular complexity index is 834. The minimum atomic E-state index is -4.02. The second-order valence-corrected chi connectivity index (χ2v) is 6.40. The van der Waals surface area contributed by atoms with Crippen molar-refractivity contribution in [1.82, 2.24) is 0 Å². The van der Waals surface area contributed by atoms with E-state index in [1.54, 1.807) is 18.2 Å². The minimum absolute atomic E-state index is 0.0368. The summed E-state index contributed by atoms with van der Waals surface area (Å²) in [5.74, 6) is 0.0368. The summed E-state index contributed by atoms with van der Waals surface area (Å²) in [6, 6.07) is 10.4. The van der Waals surface area contributed by atoms with Gasteiger partial charge in [0, 0.05) is 17.8 Å². The molecule has 0 bridgehead atoms. The van der Waals surface area contributed by atoms with E-state index in [0.717, 1.165) is 18.1 Å². The second-order valence-electron chi connectivity index (χ2n) is 4.75. The molecule has 7 nitrogen and oxygen atoms in total. The average molecular weight is 336 g/mol. The van der Waals surface area contributed by atoms with Crippen molar-refractivity contribution in [3.8, 4) is 5.75 Å². The van der Waals surface area contributed by atoms with Crippen LogP contribution in [0.25, 0.3) is 0 Å². The van der Waals surface area contributed by atoms with Gasteiger partial charge in [-0.25, -0.2) is 8.42 Å². The molecule has 0 aromatic heterocycles. The first-order valence-corrected chi connectivity index (χ1v) is 8.30. The molecule has 0 unspecified atom stereocenters. The van der Waals surface area contributed by atoms with Crippen LogP contribution >= 0.6 is 0 Å². The highest BCUT2D eigenvalue weighted by atomic mass is 32.2. The van der Waals surface area contributed by atoms with E-state index in [-0.39, 0.29) is 16.3 Å². The number of nitro groups is 1. The van der Waals surface area contributed by atoms with Crippen molar-refractivity contribution in [3.63, 3.8) is 0 Å². The molecule has 1 N–H and O–H groups in total. The van der Waals surface area contributed by atoms with Gasteiger partial charge in [-0.05, 0) is 30.2 Å². The molecule has 0 aliphatic carbocycles. The lowest BCUT2D eigenvalue weighted by molar-refractivity contribution is -0.385. The molecular weight excluding hydrogens is 320 g/mol. The van der Waals surface area contributed by atoms with Crippen molar-refractivity contribution >= 4 is 21.4 Å². The third kappa shape index (κ3) is 3.78. The molecule has 0 radical (unpaired) electrons. The number of rotatable bonds is 6. The van der Waals surface area contributed by atoms with Crippen LogP contribution in [-0.4, -0.2) is 20.5 Å². The van der Waals surface area contributed by atoms with E-state index >= 15 is 0 Å². The number of nitro benzene ring substituents is 1. The van der Waals surface area contributed by atoms with Crippen molar-refractivity contribution in [2.75, 3.05) is 11.8 Å².